The molecule has 2 heterocycles. The molecule has 0 radical (unpaired) electrons. The number of nitrogens with zero attached hydrogens (tertiary/aromatic N) is 1. The Morgan fingerprint density at radius 1 is 1.55 bits per heavy atom. The Morgan fingerprint density at radius 3 is 3.00 bits per heavy atom. The van der Waals surface area contributed by atoms with E-state index in [1.165, 1.54) is 0 Å². The molecule has 0 aliphatic carbocycles. The van der Waals surface area contributed by atoms with E-state index in [9.17, 15) is 0 Å². The number of hydrogen-bond donors (Lipinski definition) is 1. The highest BCUT2D eigenvalue weighted by Gasteiger charge is 2.06. The van der Waals surface area contributed by atoms with Gasteiger partial charge in [0.15, 0.2) is 5.76 Å². The summed E-state index contributed by atoms with van der Waals surface area (Å²) in [6.07, 6.45) is 3.23. The van der Waals surface area contributed by atoms with Crippen LogP contribution in [0.1, 0.15) is 0 Å². The summed E-state index contributed by atoms with van der Waals surface area (Å²) in [6.45, 7) is 0. The van der Waals surface area contributed by atoms with Crippen LogP contribution < -0.4 is 0 Å². The molecule has 0 saturated heterocycles. The molecule has 0 aliphatic heterocycles. The fourth-order valence-electron chi connectivity index (χ4n) is 0.864. The van der Waals surface area contributed by atoms with Crippen molar-refractivity contribution in [2.75, 3.05) is 0 Å². The van der Waals surface area contributed by atoms with Crippen LogP contribution in [0.25, 0.3) is 11.5 Å². The highest BCUT2D eigenvalue weighted by molar-refractivity contribution is 9.10. The van der Waals surface area contributed by atoms with Crippen LogP contribution in [-0.2, 0) is 0 Å². The number of H-pyrrole nitrogens is 1. The number of furan rings is 1. The lowest BCUT2D eigenvalue weighted by atomic mass is 10.4. The van der Waals surface area contributed by atoms with Crippen molar-refractivity contribution < 1.29 is 4.42 Å². The lowest BCUT2D eigenvalue weighted by molar-refractivity contribution is 0.580. The van der Waals surface area contributed by atoms with Crippen LogP contribution in [-0.4, -0.2) is 9.97 Å². The third-order valence-electron chi connectivity index (χ3n) is 1.35. The van der Waals surface area contributed by atoms with Gasteiger partial charge in [0.05, 0.1) is 12.6 Å². The van der Waals surface area contributed by atoms with Crippen LogP contribution in [0.3, 0.4) is 0 Å². The molecule has 56 valence electrons. The summed E-state index contributed by atoms with van der Waals surface area (Å²) in [5, 5.41) is 0. The van der Waals surface area contributed by atoms with Crippen molar-refractivity contribution in [1.82, 2.24) is 9.97 Å². The monoisotopic (exact) mass is 212 g/mol. The van der Waals surface area contributed by atoms with Crippen molar-refractivity contribution in [2.24, 2.45) is 0 Å². The van der Waals surface area contributed by atoms with Gasteiger partial charge in [-0.2, -0.15) is 0 Å². The Balaban J connectivity index is 2.53. The molecule has 0 aromatic carbocycles. The van der Waals surface area contributed by atoms with Crippen LogP contribution >= 0.6 is 15.9 Å². The molecule has 0 saturated carbocycles. The molecule has 0 atom stereocenters. The van der Waals surface area contributed by atoms with Gasteiger partial charge < -0.3 is 9.40 Å². The summed E-state index contributed by atoms with van der Waals surface area (Å²) in [7, 11) is 0. The molecular formula is C7H5BrN2O. The van der Waals surface area contributed by atoms with Gasteiger partial charge in [-0.05, 0) is 28.1 Å². The minimum Gasteiger partial charge on any atom is -0.463 e. The zero-order chi connectivity index (χ0) is 7.68. The van der Waals surface area contributed by atoms with Crippen molar-refractivity contribution in [3.05, 3.63) is 29.3 Å². The van der Waals surface area contributed by atoms with E-state index in [0.717, 1.165) is 16.1 Å². The van der Waals surface area contributed by atoms with Gasteiger partial charge in [0.25, 0.3) is 0 Å². The third kappa shape index (κ3) is 1.09. The van der Waals surface area contributed by atoms with Crippen LogP contribution in [0.15, 0.2) is 33.7 Å². The maximum absolute atomic E-state index is 5.15. The number of aromatic nitrogens is 2. The number of rotatable bonds is 1. The lowest BCUT2D eigenvalue weighted by Gasteiger charge is -1.88. The molecule has 0 amide bonds. The van der Waals surface area contributed by atoms with E-state index in [4.69, 9.17) is 4.42 Å². The quantitative estimate of drug-likeness (QED) is 0.790. The maximum atomic E-state index is 5.15. The predicted octanol–water partition coefficient (Wildman–Crippen LogP) is 2.43. The van der Waals surface area contributed by atoms with Crippen LogP contribution in [0, 0.1) is 0 Å². The molecule has 3 nitrogen and oxygen atoms in total. The van der Waals surface area contributed by atoms with Crippen molar-refractivity contribution in [3.8, 4) is 11.5 Å². The van der Waals surface area contributed by atoms with Gasteiger partial charge >= 0.3 is 0 Å². The smallest absolute Gasteiger partial charge is 0.155 e. The van der Waals surface area contributed by atoms with Crippen molar-refractivity contribution in [2.45, 2.75) is 0 Å². The first-order chi connectivity index (χ1) is 5.38. The molecule has 0 spiro atoms. The van der Waals surface area contributed by atoms with Crippen LogP contribution in [0.2, 0.25) is 0 Å². The molecule has 0 fully saturated rings. The molecule has 2 aromatic rings. The molecule has 2 rings (SSSR count). The number of halogens is 1. The largest absolute Gasteiger partial charge is 0.463 e. The summed E-state index contributed by atoms with van der Waals surface area (Å²) < 4.78 is 5.99. The average molecular weight is 213 g/mol. The van der Waals surface area contributed by atoms with E-state index in [2.05, 4.69) is 25.9 Å². The SMILES string of the molecule is Brc1[nH]cnc1-c1ccco1. The Bertz CT molecular complexity index is 339. The maximum Gasteiger partial charge on any atom is 0.155 e. The number of aromatic amines is 1. The molecule has 0 unspecified atom stereocenters. The first-order valence-corrected chi connectivity index (χ1v) is 3.90. The fraction of sp³-hybridized carbons (Fsp3) is 0. The fourth-order valence-corrected chi connectivity index (χ4v) is 1.26. The second kappa shape index (κ2) is 2.54. The normalized spacial score (nSPS) is 10.3. The number of nitrogens with one attached hydrogen (secondary N) is 1. The van der Waals surface area contributed by atoms with Gasteiger partial charge in [-0.1, -0.05) is 0 Å². The van der Waals surface area contributed by atoms with Gasteiger partial charge in [0.2, 0.25) is 0 Å². The van der Waals surface area contributed by atoms with Gasteiger partial charge in [0.1, 0.15) is 10.3 Å². The first kappa shape index (κ1) is 6.67. The second-order valence-electron chi connectivity index (χ2n) is 2.04. The third-order valence-corrected chi connectivity index (χ3v) is 1.95. The first-order valence-electron chi connectivity index (χ1n) is 3.10. The summed E-state index contributed by atoms with van der Waals surface area (Å²) in [5.74, 6) is 0.762. The van der Waals surface area contributed by atoms with Crippen molar-refractivity contribution in [1.29, 1.82) is 0 Å². The van der Waals surface area contributed by atoms with Crippen LogP contribution in [0.5, 0.6) is 0 Å². The van der Waals surface area contributed by atoms with Crippen LogP contribution in [0.4, 0.5) is 0 Å². The summed E-state index contributed by atoms with van der Waals surface area (Å²) in [5.41, 5.74) is 0.801. The highest BCUT2D eigenvalue weighted by atomic mass is 79.9. The van der Waals surface area contributed by atoms with E-state index in [1.807, 2.05) is 12.1 Å². The Hall–Kier alpha value is -1.03. The zero-order valence-corrected chi connectivity index (χ0v) is 7.13. The summed E-state index contributed by atoms with van der Waals surface area (Å²) in [6, 6.07) is 3.69. The molecule has 11 heavy (non-hydrogen) atoms. The lowest BCUT2D eigenvalue weighted by Crippen LogP contribution is -1.72. The summed E-state index contributed by atoms with van der Waals surface area (Å²) >= 11 is 3.31. The van der Waals surface area contributed by atoms with Crippen molar-refractivity contribution in [3.63, 3.8) is 0 Å². The van der Waals surface area contributed by atoms with E-state index in [-0.39, 0.29) is 0 Å². The number of hydrogen-bond acceptors (Lipinski definition) is 2. The molecular weight excluding hydrogens is 208 g/mol. The summed E-state index contributed by atoms with van der Waals surface area (Å²) in [4.78, 5) is 6.96. The zero-order valence-electron chi connectivity index (χ0n) is 5.54. The van der Waals surface area contributed by atoms with E-state index >= 15 is 0 Å². The molecule has 1 N–H and O–H groups in total. The Kier molecular flexibility index (Phi) is 1.54. The van der Waals surface area contributed by atoms with E-state index in [0.29, 0.717) is 0 Å². The molecule has 0 bridgehead atoms. The second-order valence-corrected chi connectivity index (χ2v) is 2.84. The molecule has 2 aromatic heterocycles. The van der Waals surface area contributed by atoms with Gasteiger partial charge in [-0.25, -0.2) is 4.98 Å². The molecule has 0 aliphatic rings. The number of imidazole rings is 1. The van der Waals surface area contributed by atoms with E-state index in [1.54, 1.807) is 12.6 Å². The average Bonchev–Trinajstić information content (AvgIpc) is 2.55. The minimum atomic E-state index is 0.762. The van der Waals surface area contributed by atoms with Gasteiger partial charge in [-0.15, -0.1) is 0 Å². The van der Waals surface area contributed by atoms with Crippen molar-refractivity contribution >= 4 is 15.9 Å². The van der Waals surface area contributed by atoms with Gasteiger partial charge in [0, 0.05) is 0 Å². The topological polar surface area (TPSA) is 41.8 Å². The van der Waals surface area contributed by atoms with Gasteiger partial charge in [-0.3, -0.25) is 0 Å². The Morgan fingerprint density at radius 2 is 2.45 bits per heavy atom. The highest BCUT2D eigenvalue weighted by Crippen LogP contribution is 2.24. The predicted molar refractivity (Wildman–Crippen MR) is 44.0 cm³/mol. The van der Waals surface area contributed by atoms with E-state index < -0.39 is 0 Å². The molecule has 4 heteroatoms. The minimum absolute atomic E-state index is 0.762. The standard InChI is InChI=1S/C7H5BrN2O/c8-7-6(9-4-10-7)5-2-1-3-11-5/h1-4H,(H,9,10). The Labute approximate surface area is 71.6 Å².